The molecule has 1 amide bonds. The molecule has 0 aliphatic rings. The highest BCUT2D eigenvalue weighted by atomic mass is 32.2. The Balaban J connectivity index is 2.67. The van der Waals surface area contributed by atoms with Crippen LogP contribution in [-0.4, -0.2) is 53.2 Å². The minimum atomic E-state index is -3.67. The van der Waals surface area contributed by atoms with E-state index in [1.54, 1.807) is 13.8 Å². The fourth-order valence-electron chi connectivity index (χ4n) is 1.89. The van der Waals surface area contributed by atoms with Crippen LogP contribution in [0.1, 0.15) is 24.2 Å². The molecule has 134 valence electrons. The van der Waals surface area contributed by atoms with E-state index in [1.165, 1.54) is 31.4 Å². The van der Waals surface area contributed by atoms with Gasteiger partial charge in [-0.3, -0.25) is 4.79 Å². The number of rotatable bonds is 9. The smallest absolute Gasteiger partial charge is 0.338 e. The number of methoxy groups -OCH3 is 1. The van der Waals surface area contributed by atoms with Crippen molar-refractivity contribution in [1.82, 2.24) is 10.0 Å². The minimum Gasteiger partial charge on any atom is -0.452 e. The summed E-state index contributed by atoms with van der Waals surface area (Å²) >= 11 is 0. The number of sulfonamides is 1. The zero-order valence-corrected chi connectivity index (χ0v) is 14.7. The summed E-state index contributed by atoms with van der Waals surface area (Å²) in [5.74, 6) is -1.25. The molecular weight excluding hydrogens is 336 g/mol. The first-order chi connectivity index (χ1) is 11.3. The summed E-state index contributed by atoms with van der Waals surface area (Å²) in [6.45, 7) is 3.51. The molecule has 0 saturated carbocycles. The van der Waals surface area contributed by atoms with Gasteiger partial charge in [-0.25, -0.2) is 17.9 Å². The molecule has 0 aliphatic carbocycles. The largest absolute Gasteiger partial charge is 0.452 e. The van der Waals surface area contributed by atoms with E-state index in [0.717, 1.165) is 0 Å². The van der Waals surface area contributed by atoms with Crippen molar-refractivity contribution in [3.63, 3.8) is 0 Å². The lowest BCUT2D eigenvalue weighted by atomic mass is 10.2. The number of benzene rings is 1. The van der Waals surface area contributed by atoms with Crippen LogP contribution in [0.5, 0.6) is 0 Å². The highest BCUT2D eigenvalue weighted by Crippen LogP contribution is 2.12. The van der Waals surface area contributed by atoms with Gasteiger partial charge in [0.25, 0.3) is 5.91 Å². The molecule has 0 fully saturated rings. The van der Waals surface area contributed by atoms with E-state index in [9.17, 15) is 18.0 Å². The van der Waals surface area contributed by atoms with Gasteiger partial charge in [-0.1, -0.05) is 13.0 Å². The Kier molecular flexibility index (Phi) is 7.83. The fourth-order valence-corrected chi connectivity index (χ4v) is 2.97. The van der Waals surface area contributed by atoms with Crippen LogP contribution in [0.15, 0.2) is 29.2 Å². The van der Waals surface area contributed by atoms with Crippen LogP contribution < -0.4 is 10.0 Å². The van der Waals surface area contributed by atoms with Crippen LogP contribution in [0.4, 0.5) is 0 Å². The second-order valence-electron chi connectivity index (χ2n) is 5.03. The number of carbonyl (C=O) groups excluding carboxylic acids is 2. The van der Waals surface area contributed by atoms with E-state index in [0.29, 0.717) is 6.61 Å². The molecule has 2 N–H and O–H groups in total. The molecule has 8 nitrogen and oxygen atoms in total. The number of amides is 1. The first-order valence-electron chi connectivity index (χ1n) is 7.35. The van der Waals surface area contributed by atoms with Crippen molar-refractivity contribution in [2.45, 2.75) is 24.8 Å². The van der Waals surface area contributed by atoms with Crippen LogP contribution in [0, 0.1) is 0 Å². The van der Waals surface area contributed by atoms with Crippen LogP contribution >= 0.6 is 0 Å². The minimum absolute atomic E-state index is 0.0445. The zero-order valence-electron chi connectivity index (χ0n) is 13.9. The Bertz CT molecular complexity index is 674. The predicted molar refractivity (Wildman–Crippen MR) is 87.1 cm³/mol. The summed E-state index contributed by atoms with van der Waals surface area (Å²) < 4.78 is 35.9. The van der Waals surface area contributed by atoms with Crippen molar-refractivity contribution >= 4 is 21.9 Å². The van der Waals surface area contributed by atoms with E-state index in [4.69, 9.17) is 9.47 Å². The van der Waals surface area contributed by atoms with E-state index in [2.05, 4.69) is 10.0 Å². The summed E-state index contributed by atoms with van der Waals surface area (Å²) in [6.07, 6.45) is 0. The predicted octanol–water partition coefficient (Wildman–Crippen LogP) is 0.293. The van der Waals surface area contributed by atoms with E-state index >= 15 is 0 Å². The van der Waals surface area contributed by atoms with Crippen molar-refractivity contribution < 1.29 is 27.5 Å². The molecular formula is C15H22N2O6S. The second kappa shape index (κ2) is 9.36. The maximum Gasteiger partial charge on any atom is 0.338 e. The number of carbonyl (C=O) groups is 2. The van der Waals surface area contributed by atoms with Crippen molar-refractivity contribution in [2.24, 2.45) is 0 Å². The lowest BCUT2D eigenvalue weighted by molar-refractivity contribution is -0.125. The Hall–Kier alpha value is -1.97. The monoisotopic (exact) mass is 358 g/mol. The van der Waals surface area contributed by atoms with Gasteiger partial charge in [0.05, 0.1) is 17.1 Å². The van der Waals surface area contributed by atoms with Gasteiger partial charge in [0.2, 0.25) is 10.0 Å². The summed E-state index contributed by atoms with van der Waals surface area (Å²) in [5.41, 5.74) is 0.0479. The fraction of sp³-hybridized carbons (Fsp3) is 0.467. The highest BCUT2D eigenvalue weighted by molar-refractivity contribution is 7.89. The van der Waals surface area contributed by atoms with E-state index in [1.807, 2.05) is 0 Å². The van der Waals surface area contributed by atoms with Crippen molar-refractivity contribution in [2.75, 3.05) is 26.9 Å². The summed E-state index contributed by atoms with van der Waals surface area (Å²) in [4.78, 5) is 23.5. The first kappa shape index (κ1) is 20.1. The number of hydrogen-bond acceptors (Lipinski definition) is 6. The molecule has 1 aromatic rings. The van der Waals surface area contributed by atoms with Gasteiger partial charge in [0.1, 0.15) is 0 Å². The van der Waals surface area contributed by atoms with Crippen molar-refractivity contribution in [3.05, 3.63) is 29.8 Å². The van der Waals surface area contributed by atoms with Gasteiger partial charge in [-0.15, -0.1) is 0 Å². The molecule has 0 heterocycles. The SMILES string of the molecule is CCNS(=O)(=O)c1cccc(C(=O)OCC(=O)NC(C)COC)c1. The number of esters is 1. The lowest BCUT2D eigenvalue weighted by Crippen LogP contribution is -2.38. The van der Waals surface area contributed by atoms with Gasteiger partial charge in [-0.05, 0) is 25.1 Å². The maximum absolute atomic E-state index is 12.0. The zero-order chi connectivity index (χ0) is 18.2. The highest BCUT2D eigenvalue weighted by Gasteiger charge is 2.17. The quantitative estimate of drug-likeness (QED) is 0.614. The van der Waals surface area contributed by atoms with Gasteiger partial charge < -0.3 is 14.8 Å². The molecule has 9 heteroatoms. The van der Waals surface area contributed by atoms with Crippen molar-refractivity contribution in [1.29, 1.82) is 0 Å². The molecule has 1 unspecified atom stereocenters. The van der Waals surface area contributed by atoms with Gasteiger partial charge >= 0.3 is 5.97 Å². The normalized spacial score (nSPS) is 12.5. The topological polar surface area (TPSA) is 111 Å². The van der Waals surface area contributed by atoms with Crippen LogP contribution in [-0.2, 0) is 24.3 Å². The number of hydrogen-bond donors (Lipinski definition) is 2. The Morgan fingerprint density at radius 1 is 1.29 bits per heavy atom. The van der Waals surface area contributed by atoms with Crippen molar-refractivity contribution in [3.8, 4) is 0 Å². The second-order valence-corrected chi connectivity index (χ2v) is 6.80. The van der Waals surface area contributed by atoms with E-state index < -0.39 is 28.5 Å². The van der Waals surface area contributed by atoms with Gasteiger partial charge in [0, 0.05) is 19.7 Å². The summed E-state index contributed by atoms with van der Waals surface area (Å²) in [7, 11) is -2.16. The molecule has 1 rings (SSSR count). The average molecular weight is 358 g/mol. The standard InChI is InChI=1S/C15H22N2O6S/c1-4-16-24(20,21)13-7-5-6-12(8-13)15(19)23-10-14(18)17-11(2)9-22-3/h5-8,11,16H,4,9-10H2,1-3H3,(H,17,18). The Morgan fingerprint density at radius 2 is 2.00 bits per heavy atom. The summed E-state index contributed by atoms with van der Waals surface area (Å²) in [6, 6.07) is 5.20. The summed E-state index contributed by atoms with van der Waals surface area (Å²) in [5, 5.41) is 2.59. The van der Waals surface area contributed by atoms with Crippen LogP contribution in [0.3, 0.4) is 0 Å². The third-order valence-electron chi connectivity index (χ3n) is 2.87. The molecule has 0 aromatic heterocycles. The molecule has 0 saturated heterocycles. The lowest BCUT2D eigenvalue weighted by Gasteiger charge is -2.12. The molecule has 1 atom stereocenters. The number of nitrogens with one attached hydrogen (secondary N) is 2. The third kappa shape index (κ3) is 6.26. The maximum atomic E-state index is 12.0. The molecule has 1 aromatic carbocycles. The molecule has 0 aliphatic heterocycles. The molecule has 0 spiro atoms. The van der Waals surface area contributed by atoms with Gasteiger partial charge in [0.15, 0.2) is 6.61 Å². The number of ether oxygens (including phenoxy) is 2. The average Bonchev–Trinajstić information content (AvgIpc) is 2.53. The van der Waals surface area contributed by atoms with Crippen LogP contribution in [0.25, 0.3) is 0 Å². The Labute approximate surface area is 141 Å². The molecule has 24 heavy (non-hydrogen) atoms. The van der Waals surface area contributed by atoms with E-state index in [-0.39, 0.29) is 23.0 Å². The Morgan fingerprint density at radius 3 is 2.62 bits per heavy atom. The molecule has 0 radical (unpaired) electrons. The third-order valence-corrected chi connectivity index (χ3v) is 4.42. The van der Waals surface area contributed by atoms with Gasteiger partial charge in [-0.2, -0.15) is 0 Å². The molecule has 0 bridgehead atoms. The first-order valence-corrected chi connectivity index (χ1v) is 8.83. The van der Waals surface area contributed by atoms with Crippen LogP contribution in [0.2, 0.25) is 0 Å².